The minimum atomic E-state index is 0.233. The molecular weight excluding hydrogens is 188 g/mol. The molecule has 0 saturated carbocycles. The van der Waals surface area contributed by atoms with Crippen LogP contribution in [0.4, 0.5) is 0 Å². The summed E-state index contributed by atoms with van der Waals surface area (Å²) in [5.74, 6) is 0.796. The Bertz CT molecular complexity index is 515. The number of rotatable bonds is 1. The first-order chi connectivity index (χ1) is 7.13. The van der Waals surface area contributed by atoms with Crippen molar-refractivity contribution in [2.75, 3.05) is 7.11 Å². The first-order valence-corrected chi connectivity index (χ1v) is 4.90. The Morgan fingerprint density at radius 2 is 1.87 bits per heavy atom. The van der Waals surface area contributed by atoms with Gasteiger partial charge < -0.3 is 9.84 Å². The number of benzene rings is 2. The van der Waals surface area contributed by atoms with Gasteiger partial charge in [-0.3, -0.25) is 0 Å². The maximum Gasteiger partial charge on any atom is 0.165 e. The number of hydrogen-bond acceptors (Lipinski definition) is 2. The van der Waals surface area contributed by atoms with Crippen molar-refractivity contribution >= 4 is 10.8 Å². The molecule has 0 aromatic heterocycles. The van der Waals surface area contributed by atoms with E-state index >= 15 is 0 Å². The summed E-state index contributed by atoms with van der Waals surface area (Å²) in [5.41, 5.74) is 2.08. The van der Waals surface area contributed by atoms with Gasteiger partial charge in [0.15, 0.2) is 11.5 Å². The van der Waals surface area contributed by atoms with Gasteiger partial charge in [0.1, 0.15) is 0 Å². The first-order valence-electron chi connectivity index (χ1n) is 4.90. The summed E-state index contributed by atoms with van der Waals surface area (Å²) in [4.78, 5) is 0. The Labute approximate surface area is 89.1 Å². The summed E-state index contributed by atoms with van der Waals surface area (Å²) in [7, 11) is 1.57. The normalized spacial score (nSPS) is 10.6. The number of aryl methyl sites for hydroxylation is 2. The number of hydrogen-bond donors (Lipinski definition) is 1. The molecule has 78 valence electrons. The smallest absolute Gasteiger partial charge is 0.165 e. The van der Waals surface area contributed by atoms with Crippen LogP contribution in [-0.4, -0.2) is 12.2 Å². The highest BCUT2D eigenvalue weighted by atomic mass is 16.5. The minimum absolute atomic E-state index is 0.233. The molecule has 0 spiro atoms. The molecule has 0 aliphatic heterocycles. The Morgan fingerprint density at radius 1 is 1.13 bits per heavy atom. The predicted octanol–water partition coefficient (Wildman–Crippen LogP) is 3.17. The summed E-state index contributed by atoms with van der Waals surface area (Å²) >= 11 is 0. The van der Waals surface area contributed by atoms with Crippen LogP contribution < -0.4 is 4.74 Å². The molecule has 2 aromatic carbocycles. The van der Waals surface area contributed by atoms with E-state index in [-0.39, 0.29) is 5.75 Å². The van der Waals surface area contributed by atoms with Crippen LogP contribution in [0.15, 0.2) is 24.3 Å². The fraction of sp³-hybridized carbons (Fsp3) is 0.231. The van der Waals surface area contributed by atoms with Gasteiger partial charge in [-0.1, -0.05) is 17.7 Å². The van der Waals surface area contributed by atoms with Crippen molar-refractivity contribution < 1.29 is 9.84 Å². The quantitative estimate of drug-likeness (QED) is 0.769. The fourth-order valence-electron chi connectivity index (χ4n) is 1.87. The first kappa shape index (κ1) is 9.84. The van der Waals surface area contributed by atoms with Gasteiger partial charge in [-0.25, -0.2) is 0 Å². The second-order valence-electron chi connectivity index (χ2n) is 3.80. The molecule has 2 aromatic rings. The van der Waals surface area contributed by atoms with E-state index in [9.17, 15) is 5.11 Å². The number of phenols is 1. The van der Waals surface area contributed by atoms with E-state index in [4.69, 9.17) is 4.74 Å². The molecule has 1 N–H and O–H groups in total. The van der Waals surface area contributed by atoms with Crippen LogP contribution in [0.5, 0.6) is 11.5 Å². The van der Waals surface area contributed by atoms with Crippen molar-refractivity contribution in [1.82, 2.24) is 0 Å². The maximum atomic E-state index is 10.0. The SMILES string of the molecule is COc1c(C)cc2ccc(C)cc2c1O. The summed E-state index contributed by atoms with van der Waals surface area (Å²) in [6, 6.07) is 8.03. The van der Waals surface area contributed by atoms with Gasteiger partial charge in [-0.05, 0) is 36.9 Å². The summed E-state index contributed by atoms with van der Waals surface area (Å²) in [6.45, 7) is 3.93. The molecule has 0 atom stereocenters. The maximum absolute atomic E-state index is 10.0. The average molecular weight is 202 g/mol. The molecule has 2 nitrogen and oxygen atoms in total. The van der Waals surface area contributed by atoms with Gasteiger partial charge in [0.2, 0.25) is 0 Å². The number of phenolic OH excluding ortho intramolecular Hbond substituents is 1. The van der Waals surface area contributed by atoms with Gasteiger partial charge in [0.05, 0.1) is 7.11 Å². The largest absolute Gasteiger partial charge is 0.504 e. The third-order valence-electron chi connectivity index (χ3n) is 2.61. The summed E-state index contributed by atoms with van der Waals surface area (Å²) in [6.07, 6.45) is 0. The zero-order valence-corrected chi connectivity index (χ0v) is 9.16. The summed E-state index contributed by atoms with van der Waals surface area (Å²) in [5, 5.41) is 11.9. The Morgan fingerprint density at radius 3 is 2.53 bits per heavy atom. The van der Waals surface area contributed by atoms with E-state index in [0.29, 0.717) is 5.75 Å². The second kappa shape index (κ2) is 3.46. The Balaban J connectivity index is 2.86. The van der Waals surface area contributed by atoms with Crippen molar-refractivity contribution in [2.24, 2.45) is 0 Å². The van der Waals surface area contributed by atoms with Gasteiger partial charge in [0, 0.05) is 5.39 Å². The van der Waals surface area contributed by atoms with Crippen molar-refractivity contribution in [2.45, 2.75) is 13.8 Å². The van der Waals surface area contributed by atoms with Crippen LogP contribution in [-0.2, 0) is 0 Å². The van der Waals surface area contributed by atoms with Gasteiger partial charge >= 0.3 is 0 Å². The number of methoxy groups -OCH3 is 1. The zero-order chi connectivity index (χ0) is 11.0. The van der Waals surface area contributed by atoms with Gasteiger partial charge in [-0.2, -0.15) is 0 Å². The van der Waals surface area contributed by atoms with Crippen LogP contribution >= 0.6 is 0 Å². The number of fused-ring (bicyclic) bond motifs is 1. The molecular formula is C13H14O2. The van der Waals surface area contributed by atoms with E-state index in [1.54, 1.807) is 7.11 Å². The van der Waals surface area contributed by atoms with Crippen molar-refractivity contribution in [3.05, 3.63) is 35.4 Å². The highest BCUT2D eigenvalue weighted by Crippen LogP contribution is 2.37. The van der Waals surface area contributed by atoms with Gasteiger partial charge in [-0.15, -0.1) is 0 Å². The highest BCUT2D eigenvalue weighted by molar-refractivity contribution is 5.92. The lowest BCUT2D eigenvalue weighted by molar-refractivity contribution is 0.374. The standard InChI is InChI=1S/C13H14O2/c1-8-4-5-10-7-9(2)13(15-3)12(14)11(10)6-8/h4-7,14H,1-3H3. The number of aromatic hydroxyl groups is 1. The monoisotopic (exact) mass is 202 g/mol. The van der Waals surface area contributed by atoms with Crippen LogP contribution in [0, 0.1) is 13.8 Å². The van der Waals surface area contributed by atoms with Crippen LogP contribution in [0.25, 0.3) is 10.8 Å². The molecule has 0 amide bonds. The third kappa shape index (κ3) is 1.52. The van der Waals surface area contributed by atoms with E-state index in [2.05, 4.69) is 0 Å². The minimum Gasteiger partial charge on any atom is -0.504 e. The summed E-state index contributed by atoms with van der Waals surface area (Å²) < 4.78 is 5.17. The molecule has 0 radical (unpaired) electrons. The van der Waals surface area contributed by atoms with E-state index in [1.807, 2.05) is 38.1 Å². The molecule has 15 heavy (non-hydrogen) atoms. The number of ether oxygens (including phenoxy) is 1. The fourth-order valence-corrected chi connectivity index (χ4v) is 1.87. The average Bonchev–Trinajstić information content (AvgIpc) is 2.20. The zero-order valence-electron chi connectivity index (χ0n) is 9.16. The second-order valence-corrected chi connectivity index (χ2v) is 3.80. The Hall–Kier alpha value is -1.70. The predicted molar refractivity (Wildman–Crippen MR) is 61.6 cm³/mol. The van der Waals surface area contributed by atoms with Crippen molar-refractivity contribution in [3.63, 3.8) is 0 Å². The van der Waals surface area contributed by atoms with E-state index in [0.717, 1.165) is 21.9 Å². The lowest BCUT2D eigenvalue weighted by Crippen LogP contribution is -1.89. The van der Waals surface area contributed by atoms with Crippen LogP contribution in [0.3, 0.4) is 0 Å². The van der Waals surface area contributed by atoms with Crippen LogP contribution in [0.2, 0.25) is 0 Å². The molecule has 0 saturated heterocycles. The molecule has 2 rings (SSSR count). The highest BCUT2D eigenvalue weighted by Gasteiger charge is 2.10. The molecule has 0 aliphatic carbocycles. The third-order valence-corrected chi connectivity index (χ3v) is 2.61. The van der Waals surface area contributed by atoms with E-state index in [1.165, 1.54) is 0 Å². The molecule has 2 heteroatoms. The molecule has 0 fully saturated rings. The lowest BCUT2D eigenvalue weighted by atomic mass is 10.0. The van der Waals surface area contributed by atoms with E-state index < -0.39 is 0 Å². The molecule has 0 unspecified atom stereocenters. The van der Waals surface area contributed by atoms with Crippen LogP contribution in [0.1, 0.15) is 11.1 Å². The topological polar surface area (TPSA) is 29.5 Å². The Kier molecular flexibility index (Phi) is 2.27. The van der Waals surface area contributed by atoms with Gasteiger partial charge in [0.25, 0.3) is 0 Å². The van der Waals surface area contributed by atoms with Crippen molar-refractivity contribution in [1.29, 1.82) is 0 Å². The lowest BCUT2D eigenvalue weighted by Gasteiger charge is -2.10. The van der Waals surface area contributed by atoms with Crippen molar-refractivity contribution in [3.8, 4) is 11.5 Å². The molecule has 0 aliphatic rings. The molecule has 0 heterocycles. The molecule has 0 bridgehead atoms.